The van der Waals surface area contributed by atoms with E-state index >= 15 is 0 Å². The van der Waals surface area contributed by atoms with E-state index in [2.05, 4.69) is 18.2 Å². The molecular formula is C18H16N2. The molecule has 2 unspecified atom stereocenters. The van der Waals surface area contributed by atoms with Crippen molar-refractivity contribution in [3.05, 3.63) is 71.8 Å². The Hall–Kier alpha value is -2.40. The van der Waals surface area contributed by atoms with Crippen LogP contribution in [-0.2, 0) is 0 Å². The van der Waals surface area contributed by atoms with Gasteiger partial charge in [-0.1, -0.05) is 60.7 Å². The van der Waals surface area contributed by atoms with E-state index in [1.54, 1.807) is 0 Å². The molecule has 2 heteroatoms. The highest BCUT2D eigenvalue weighted by atomic mass is 14.9. The highest BCUT2D eigenvalue weighted by molar-refractivity contribution is 6.07. The largest absolute Gasteiger partial charge is 0.279 e. The maximum Gasteiger partial charge on any atom is 0.0990 e. The second-order valence-corrected chi connectivity index (χ2v) is 5.42. The molecule has 1 aliphatic heterocycles. The fourth-order valence-electron chi connectivity index (χ4n) is 2.78. The molecule has 0 amide bonds. The maximum atomic E-state index is 9.59. The van der Waals surface area contributed by atoms with E-state index < -0.39 is 5.41 Å². The molecule has 0 aromatic heterocycles. The number of benzene rings is 2. The molecular weight excluding hydrogens is 244 g/mol. The van der Waals surface area contributed by atoms with Crippen molar-refractivity contribution in [3.63, 3.8) is 0 Å². The van der Waals surface area contributed by atoms with E-state index in [9.17, 15) is 5.26 Å². The van der Waals surface area contributed by atoms with Gasteiger partial charge >= 0.3 is 0 Å². The van der Waals surface area contributed by atoms with Gasteiger partial charge in [0.1, 0.15) is 0 Å². The first-order valence-electron chi connectivity index (χ1n) is 6.83. The molecule has 0 radical (unpaired) electrons. The second-order valence-electron chi connectivity index (χ2n) is 5.42. The predicted octanol–water partition coefficient (Wildman–Crippen LogP) is 4.15. The number of hydrogen-bond donors (Lipinski definition) is 0. The normalized spacial score (nSPS) is 25.0. The van der Waals surface area contributed by atoms with Gasteiger partial charge in [0.05, 0.1) is 23.2 Å². The SMILES string of the molecule is CC1(C#N)CC(c2ccccc2)N=C1c1ccccc1. The molecule has 0 bridgehead atoms. The molecule has 2 atom stereocenters. The summed E-state index contributed by atoms with van der Waals surface area (Å²) in [6, 6.07) is 22.8. The van der Waals surface area contributed by atoms with Gasteiger partial charge in [-0.15, -0.1) is 0 Å². The molecule has 0 saturated carbocycles. The van der Waals surface area contributed by atoms with E-state index in [0.717, 1.165) is 17.7 Å². The number of nitriles is 1. The predicted molar refractivity (Wildman–Crippen MR) is 80.5 cm³/mol. The standard InChI is InChI=1S/C18H16N2/c1-18(13-19)12-16(14-8-4-2-5-9-14)20-17(18)15-10-6-3-7-11-15/h2-11,16H,12H2,1H3. The smallest absolute Gasteiger partial charge is 0.0990 e. The third-order valence-electron chi connectivity index (χ3n) is 3.89. The van der Waals surface area contributed by atoms with Crippen molar-refractivity contribution in [1.82, 2.24) is 0 Å². The van der Waals surface area contributed by atoms with Gasteiger partial charge in [-0.3, -0.25) is 4.99 Å². The lowest BCUT2D eigenvalue weighted by Gasteiger charge is -2.17. The molecule has 98 valence electrons. The van der Waals surface area contributed by atoms with Gasteiger partial charge in [0.25, 0.3) is 0 Å². The summed E-state index contributed by atoms with van der Waals surface area (Å²) in [4.78, 5) is 4.85. The molecule has 0 N–H and O–H groups in total. The summed E-state index contributed by atoms with van der Waals surface area (Å²) >= 11 is 0. The van der Waals surface area contributed by atoms with Crippen LogP contribution in [-0.4, -0.2) is 5.71 Å². The van der Waals surface area contributed by atoms with Crippen molar-refractivity contribution in [2.45, 2.75) is 19.4 Å². The molecule has 0 spiro atoms. The quantitative estimate of drug-likeness (QED) is 0.799. The zero-order valence-corrected chi connectivity index (χ0v) is 11.5. The molecule has 3 rings (SSSR count). The molecule has 1 heterocycles. The number of hydrogen-bond acceptors (Lipinski definition) is 2. The van der Waals surface area contributed by atoms with Crippen molar-refractivity contribution >= 4 is 5.71 Å². The van der Waals surface area contributed by atoms with E-state index in [1.165, 1.54) is 5.56 Å². The Labute approximate surface area is 119 Å². The minimum Gasteiger partial charge on any atom is -0.279 e. The molecule has 0 saturated heterocycles. The van der Waals surface area contributed by atoms with Crippen molar-refractivity contribution in [1.29, 1.82) is 5.26 Å². The topological polar surface area (TPSA) is 36.1 Å². The van der Waals surface area contributed by atoms with Crippen LogP contribution < -0.4 is 0 Å². The molecule has 20 heavy (non-hydrogen) atoms. The van der Waals surface area contributed by atoms with E-state index in [1.807, 2.05) is 55.5 Å². The summed E-state index contributed by atoms with van der Waals surface area (Å²) in [5.41, 5.74) is 2.63. The van der Waals surface area contributed by atoms with E-state index in [4.69, 9.17) is 4.99 Å². The third-order valence-corrected chi connectivity index (χ3v) is 3.89. The fraction of sp³-hybridized carbons (Fsp3) is 0.222. The van der Waals surface area contributed by atoms with Gasteiger partial charge in [-0.2, -0.15) is 5.26 Å². The van der Waals surface area contributed by atoms with Gasteiger partial charge in [0.2, 0.25) is 0 Å². The number of aliphatic imine (C=N–C) groups is 1. The van der Waals surface area contributed by atoms with Crippen LogP contribution in [0.1, 0.15) is 30.5 Å². The van der Waals surface area contributed by atoms with E-state index in [-0.39, 0.29) is 6.04 Å². The van der Waals surface area contributed by atoms with Crippen molar-refractivity contribution in [3.8, 4) is 6.07 Å². The van der Waals surface area contributed by atoms with Crippen LogP contribution in [0.3, 0.4) is 0 Å². The number of nitrogens with zero attached hydrogens (tertiary/aromatic N) is 2. The Kier molecular flexibility index (Phi) is 3.12. The number of rotatable bonds is 2. The van der Waals surface area contributed by atoms with Crippen LogP contribution in [0.4, 0.5) is 0 Å². The van der Waals surface area contributed by atoms with Gasteiger partial charge in [-0.05, 0) is 24.5 Å². The average molecular weight is 260 g/mol. The molecule has 2 nitrogen and oxygen atoms in total. The summed E-state index contributed by atoms with van der Waals surface area (Å²) < 4.78 is 0. The zero-order chi connectivity index (χ0) is 14.0. The van der Waals surface area contributed by atoms with Crippen LogP contribution in [0.25, 0.3) is 0 Å². The van der Waals surface area contributed by atoms with Crippen molar-refractivity contribution in [2.75, 3.05) is 0 Å². The fourth-order valence-corrected chi connectivity index (χ4v) is 2.78. The van der Waals surface area contributed by atoms with Crippen LogP contribution in [0.15, 0.2) is 65.7 Å². The first-order valence-corrected chi connectivity index (χ1v) is 6.83. The highest BCUT2D eigenvalue weighted by Crippen LogP contribution is 2.42. The second kappa shape index (κ2) is 4.94. The monoisotopic (exact) mass is 260 g/mol. The molecule has 1 aliphatic rings. The van der Waals surface area contributed by atoms with Gasteiger partial charge in [0, 0.05) is 0 Å². The molecule has 2 aromatic carbocycles. The Morgan fingerprint density at radius 1 is 1.05 bits per heavy atom. The summed E-state index contributed by atoms with van der Waals surface area (Å²) in [5, 5.41) is 9.59. The summed E-state index contributed by atoms with van der Waals surface area (Å²) in [6.07, 6.45) is 0.748. The van der Waals surface area contributed by atoms with Crippen LogP contribution in [0, 0.1) is 16.7 Å². The first kappa shape index (κ1) is 12.6. The first-order chi connectivity index (χ1) is 9.73. The average Bonchev–Trinajstić information content (AvgIpc) is 2.88. The van der Waals surface area contributed by atoms with Crippen molar-refractivity contribution in [2.24, 2.45) is 10.4 Å². The Bertz CT molecular complexity index is 668. The Morgan fingerprint density at radius 3 is 2.25 bits per heavy atom. The van der Waals surface area contributed by atoms with E-state index in [0.29, 0.717) is 0 Å². The highest BCUT2D eigenvalue weighted by Gasteiger charge is 2.40. The molecule has 0 aliphatic carbocycles. The maximum absolute atomic E-state index is 9.59. The summed E-state index contributed by atoms with van der Waals surface area (Å²) in [5.74, 6) is 0. The Balaban J connectivity index is 2.04. The van der Waals surface area contributed by atoms with Crippen molar-refractivity contribution < 1.29 is 0 Å². The van der Waals surface area contributed by atoms with Crippen LogP contribution >= 0.6 is 0 Å². The van der Waals surface area contributed by atoms with Gasteiger partial charge in [-0.25, -0.2) is 0 Å². The van der Waals surface area contributed by atoms with Gasteiger partial charge in [0.15, 0.2) is 0 Å². The molecule has 2 aromatic rings. The Morgan fingerprint density at radius 2 is 1.65 bits per heavy atom. The summed E-state index contributed by atoms with van der Waals surface area (Å²) in [6.45, 7) is 1.99. The third kappa shape index (κ3) is 2.12. The minimum atomic E-state index is -0.512. The van der Waals surface area contributed by atoms with Crippen LogP contribution in [0.5, 0.6) is 0 Å². The zero-order valence-electron chi connectivity index (χ0n) is 11.5. The lowest BCUT2D eigenvalue weighted by molar-refractivity contribution is 0.535. The molecule has 0 fully saturated rings. The lowest BCUT2D eigenvalue weighted by atomic mass is 9.80. The lowest BCUT2D eigenvalue weighted by Crippen LogP contribution is -2.22. The van der Waals surface area contributed by atoms with Crippen LogP contribution in [0.2, 0.25) is 0 Å². The summed E-state index contributed by atoms with van der Waals surface area (Å²) in [7, 11) is 0. The minimum absolute atomic E-state index is 0.0797. The van der Waals surface area contributed by atoms with Gasteiger partial charge < -0.3 is 0 Å².